The van der Waals surface area contributed by atoms with E-state index in [0.717, 1.165) is 17.1 Å². The van der Waals surface area contributed by atoms with Crippen LogP contribution >= 0.6 is 11.3 Å². The molecule has 0 fully saturated rings. The smallest absolute Gasteiger partial charge is 0.0714 e. The van der Waals surface area contributed by atoms with Gasteiger partial charge in [0.25, 0.3) is 0 Å². The summed E-state index contributed by atoms with van der Waals surface area (Å²) in [5.41, 5.74) is 15.2. The lowest BCUT2D eigenvalue weighted by molar-refractivity contribution is 0.768. The summed E-state index contributed by atoms with van der Waals surface area (Å²) in [6, 6.07) is 92.1. The monoisotopic (exact) mass is 843 g/mol. The van der Waals surface area contributed by atoms with E-state index in [1.807, 2.05) is 11.3 Å². The average Bonchev–Trinajstić information content (AvgIpc) is 3.91. The van der Waals surface area contributed by atoms with Crippen LogP contribution in [0, 0.1) is 0 Å². The lowest BCUT2D eigenvalue weighted by Gasteiger charge is -2.34. The van der Waals surface area contributed by atoms with Gasteiger partial charge < -0.3 is 4.90 Å². The van der Waals surface area contributed by atoms with Crippen molar-refractivity contribution in [1.29, 1.82) is 0 Å². The molecule has 0 radical (unpaired) electrons. The first-order valence-electron chi connectivity index (χ1n) is 22.4. The van der Waals surface area contributed by atoms with E-state index >= 15 is 0 Å². The Morgan fingerprint density at radius 2 is 0.862 bits per heavy atom. The Morgan fingerprint density at radius 3 is 1.60 bits per heavy atom. The fraction of sp³-hybridized carbons (Fsp3) is 0.0159. The van der Waals surface area contributed by atoms with E-state index in [4.69, 9.17) is 0 Å². The van der Waals surface area contributed by atoms with Crippen LogP contribution in [0.4, 0.5) is 17.1 Å². The highest BCUT2D eigenvalue weighted by atomic mass is 32.1. The molecule has 13 rings (SSSR count). The van der Waals surface area contributed by atoms with Crippen LogP contribution in [0.25, 0.3) is 75.1 Å². The van der Waals surface area contributed by atoms with Crippen LogP contribution in [0.3, 0.4) is 0 Å². The minimum absolute atomic E-state index is 0.504. The molecule has 0 aliphatic heterocycles. The van der Waals surface area contributed by atoms with E-state index < -0.39 is 5.41 Å². The van der Waals surface area contributed by atoms with Gasteiger partial charge in [0, 0.05) is 37.1 Å². The number of fused-ring (bicyclic) bond motifs is 9. The Hall–Kier alpha value is -8.04. The number of hydrogen-bond acceptors (Lipinski definition) is 2. The van der Waals surface area contributed by atoms with Gasteiger partial charge in [0.1, 0.15) is 0 Å². The van der Waals surface area contributed by atoms with Crippen LogP contribution in [0.15, 0.2) is 249 Å². The van der Waals surface area contributed by atoms with Crippen molar-refractivity contribution in [3.63, 3.8) is 0 Å². The molecule has 0 spiro atoms. The van der Waals surface area contributed by atoms with E-state index in [0.29, 0.717) is 0 Å². The average molecular weight is 844 g/mol. The van der Waals surface area contributed by atoms with Gasteiger partial charge in [0.05, 0.1) is 11.1 Å². The molecule has 65 heavy (non-hydrogen) atoms. The number of nitrogens with zero attached hydrogens (tertiary/aromatic N) is 1. The van der Waals surface area contributed by atoms with E-state index in [2.05, 4.69) is 254 Å². The number of rotatable bonds is 7. The zero-order valence-corrected chi connectivity index (χ0v) is 36.3. The maximum atomic E-state index is 2.47. The van der Waals surface area contributed by atoms with Gasteiger partial charge in [-0.1, -0.05) is 194 Å². The van der Waals surface area contributed by atoms with Crippen molar-refractivity contribution in [2.75, 3.05) is 4.90 Å². The molecule has 0 saturated carbocycles. The van der Waals surface area contributed by atoms with E-state index in [9.17, 15) is 0 Å². The molecule has 0 saturated heterocycles. The van der Waals surface area contributed by atoms with Crippen molar-refractivity contribution in [2.45, 2.75) is 5.41 Å². The lowest BCUT2D eigenvalue weighted by atomic mass is 9.68. The van der Waals surface area contributed by atoms with Gasteiger partial charge in [-0.2, -0.15) is 0 Å². The molecule has 304 valence electrons. The van der Waals surface area contributed by atoms with Crippen molar-refractivity contribution < 1.29 is 0 Å². The molecule has 1 aromatic heterocycles. The maximum absolute atomic E-state index is 2.47. The summed E-state index contributed by atoms with van der Waals surface area (Å²) < 4.78 is 2.64. The normalized spacial score (nSPS) is 12.7. The fourth-order valence-electron chi connectivity index (χ4n) is 10.8. The zero-order chi connectivity index (χ0) is 42.9. The first kappa shape index (κ1) is 37.5. The van der Waals surface area contributed by atoms with E-state index in [-0.39, 0.29) is 0 Å². The van der Waals surface area contributed by atoms with Crippen LogP contribution in [0.2, 0.25) is 0 Å². The molecule has 2 heteroatoms. The van der Waals surface area contributed by atoms with Crippen molar-refractivity contribution >= 4 is 70.1 Å². The Bertz CT molecular complexity index is 3710. The Kier molecular flexibility index (Phi) is 8.69. The summed E-state index contributed by atoms with van der Waals surface area (Å²) in [7, 11) is 0. The summed E-state index contributed by atoms with van der Waals surface area (Å²) in [6.07, 6.45) is 0. The first-order valence-corrected chi connectivity index (χ1v) is 23.2. The van der Waals surface area contributed by atoms with Gasteiger partial charge in [-0.05, 0) is 126 Å². The maximum Gasteiger partial charge on any atom is 0.0714 e. The summed E-state index contributed by atoms with van der Waals surface area (Å²) in [6.45, 7) is 0. The zero-order valence-electron chi connectivity index (χ0n) is 35.5. The minimum atomic E-state index is -0.504. The number of thiophene rings is 1. The van der Waals surface area contributed by atoms with Crippen LogP contribution in [-0.4, -0.2) is 0 Å². The molecule has 0 atom stereocenters. The number of hydrogen-bond donors (Lipinski definition) is 0. The molecule has 0 N–H and O–H groups in total. The number of anilines is 3. The summed E-state index contributed by atoms with van der Waals surface area (Å²) in [5, 5.41) is 7.71. The predicted octanol–water partition coefficient (Wildman–Crippen LogP) is 17.5. The molecular weight excluding hydrogens is 803 g/mol. The van der Waals surface area contributed by atoms with Gasteiger partial charge in [0.15, 0.2) is 0 Å². The Labute approximate surface area is 382 Å². The number of benzene rings is 11. The topological polar surface area (TPSA) is 3.24 Å². The highest BCUT2D eigenvalue weighted by molar-refractivity contribution is 7.25. The standard InChI is InChI=1S/C63H41NS/c1-3-15-48(16-4-1)63(49-17-5-2-6-18-49)57-22-11-9-21-55(57)62-58(63)23-13-24-59(62)64(51-36-30-43(31-37-51)46-33-39-61-56(41-46)54-20-10-12-25-60(54)65-61)50-34-28-42(29-35-50)45-32-38-53-47(40-45)27-26-44-14-7-8-19-52(44)53/h1-41H. The third-order valence-electron chi connectivity index (χ3n) is 13.7. The lowest BCUT2D eigenvalue weighted by Crippen LogP contribution is -2.28. The highest BCUT2D eigenvalue weighted by Crippen LogP contribution is 2.59. The molecule has 0 unspecified atom stereocenters. The van der Waals surface area contributed by atoms with Gasteiger partial charge in [-0.15, -0.1) is 11.3 Å². The second-order valence-corrected chi connectivity index (χ2v) is 18.3. The third kappa shape index (κ3) is 5.92. The molecule has 0 amide bonds. The van der Waals surface area contributed by atoms with Crippen LogP contribution in [-0.2, 0) is 5.41 Å². The molecular formula is C63H41NS. The highest BCUT2D eigenvalue weighted by Gasteiger charge is 2.47. The molecule has 1 heterocycles. The molecule has 11 aromatic carbocycles. The first-order chi connectivity index (χ1) is 32.2. The van der Waals surface area contributed by atoms with Gasteiger partial charge >= 0.3 is 0 Å². The third-order valence-corrected chi connectivity index (χ3v) is 14.9. The second kappa shape index (κ2) is 15.1. The van der Waals surface area contributed by atoms with E-state index in [1.165, 1.54) is 97.4 Å². The summed E-state index contributed by atoms with van der Waals surface area (Å²) in [5.74, 6) is 0. The quantitative estimate of drug-likeness (QED) is 0.145. The second-order valence-electron chi connectivity index (χ2n) is 17.2. The van der Waals surface area contributed by atoms with Crippen molar-refractivity contribution in [2.24, 2.45) is 0 Å². The summed E-state index contributed by atoms with van der Waals surface area (Å²) >= 11 is 1.86. The van der Waals surface area contributed by atoms with Crippen molar-refractivity contribution in [1.82, 2.24) is 0 Å². The van der Waals surface area contributed by atoms with Crippen LogP contribution < -0.4 is 4.90 Å². The van der Waals surface area contributed by atoms with Gasteiger partial charge in [0.2, 0.25) is 0 Å². The van der Waals surface area contributed by atoms with E-state index in [1.54, 1.807) is 0 Å². The van der Waals surface area contributed by atoms with Gasteiger partial charge in [-0.3, -0.25) is 0 Å². The molecule has 1 aliphatic rings. The predicted molar refractivity (Wildman–Crippen MR) is 277 cm³/mol. The molecule has 1 aliphatic carbocycles. The summed E-state index contributed by atoms with van der Waals surface area (Å²) in [4.78, 5) is 2.47. The van der Waals surface area contributed by atoms with Crippen molar-refractivity contribution in [3.05, 3.63) is 271 Å². The molecule has 1 nitrogen and oxygen atoms in total. The fourth-order valence-corrected chi connectivity index (χ4v) is 11.9. The minimum Gasteiger partial charge on any atom is -0.310 e. The Balaban J connectivity index is 0.986. The van der Waals surface area contributed by atoms with Gasteiger partial charge in [-0.25, -0.2) is 0 Å². The largest absolute Gasteiger partial charge is 0.310 e. The van der Waals surface area contributed by atoms with Crippen molar-refractivity contribution in [3.8, 4) is 33.4 Å². The van der Waals surface area contributed by atoms with Crippen LogP contribution in [0.5, 0.6) is 0 Å². The SMILES string of the molecule is c1ccc(C2(c3ccccc3)c3ccccc3-c3c(N(c4ccc(-c5ccc6c(ccc7ccccc76)c5)cc4)c4ccc(-c5ccc6sc7ccccc7c6c5)cc4)cccc32)cc1. The molecule has 12 aromatic rings. The Morgan fingerprint density at radius 1 is 0.323 bits per heavy atom. The molecule has 0 bridgehead atoms. The van der Waals surface area contributed by atoms with Crippen LogP contribution in [0.1, 0.15) is 22.3 Å².